The first-order valence-corrected chi connectivity index (χ1v) is 9.37. The van der Waals surface area contributed by atoms with Crippen LogP contribution in [0.1, 0.15) is 59.8 Å². The van der Waals surface area contributed by atoms with Crippen molar-refractivity contribution in [3.8, 4) is 0 Å². The average Bonchev–Trinajstić information content (AvgIpc) is 2.82. The van der Waals surface area contributed by atoms with Crippen molar-refractivity contribution in [1.29, 1.82) is 0 Å². The van der Waals surface area contributed by atoms with Crippen molar-refractivity contribution in [2.24, 2.45) is 22.2 Å². The van der Waals surface area contributed by atoms with Crippen LogP contribution in [0.2, 0.25) is 0 Å². The lowest BCUT2D eigenvalue weighted by atomic mass is 9.46. The second kappa shape index (κ2) is 4.93. The fourth-order valence-electron chi connectivity index (χ4n) is 6.24. The Hall–Kier alpha value is -0.710. The highest BCUT2D eigenvalue weighted by molar-refractivity contribution is 5.99. The zero-order valence-corrected chi connectivity index (χ0v) is 15.3. The molecular formula is C20H30O4. The van der Waals surface area contributed by atoms with Gasteiger partial charge in [-0.25, -0.2) is 0 Å². The predicted molar refractivity (Wildman–Crippen MR) is 90.4 cm³/mol. The van der Waals surface area contributed by atoms with Crippen LogP contribution in [0, 0.1) is 22.2 Å². The van der Waals surface area contributed by atoms with E-state index in [0.717, 1.165) is 36.8 Å². The van der Waals surface area contributed by atoms with E-state index in [1.54, 1.807) is 0 Å². The molecule has 6 atom stereocenters. The fourth-order valence-corrected chi connectivity index (χ4v) is 6.24. The van der Waals surface area contributed by atoms with Crippen molar-refractivity contribution in [3.63, 3.8) is 0 Å². The smallest absolute Gasteiger partial charge is 0.161 e. The number of hydrogen-bond acceptors (Lipinski definition) is 4. The van der Waals surface area contributed by atoms with Gasteiger partial charge in [0.15, 0.2) is 5.78 Å². The number of Topliss-reactive ketones (excluding diaryl/α,β-unsaturated/α-hetero) is 1. The number of aliphatic hydroxyl groups excluding tert-OH is 2. The van der Waals surface area contributed by atoms with Gasteiger partial charge in [-0.15, -0.1) is 0 Å². The molecule has 134 valence electrons. The van der Waals surface area contributed by atoms with Crippen molar-refractivity contribution in [2.45, 2.75) is 78.1 Å². The second-order valence-corrected chi connectivity index (χ2v) is 9.63. The van der Waals surface area contributed by atoms with E-state index in [0.29, 0.717) is 13.0 Å². The molecule has 1 heterocycles. The largest absolute Gasteiger partial charge is 0.392 e. The third-order valence-corrected chi connectivity index (χ3v) is 8.04. The topological polar surface area (TPSA) is 66.8 Å². The van der Waals surface area contributed by atoms with Crippen LogP contribution in [0.15, 0.2) is 11.1 Å². The molecule has 2 fully saturated rings. The van der Waals surface area contributed by atoms with Crippen LogP contribution >= 0.6 is 0 Å². The molecule has 4 heteroatoms. The Kier molecular flexibility index (Phi) is 3.44. The first-order chi connectivity index (χ1) is 11.1. The molecule has 0 aromatic heterocycles. The molecule has 24 heavy (non-hydrogen) atoms. The van der Waals surface area contributed by atoms with Crippen LogP contribution in [-0.4, -0.2) is 40.9 Å². The number of aliphatic hydroxyl groups is 2. The molecule has 1 saturated heterocycles. The van der Waals surface area contributed by atoms with E-state index in [-0.39, 0.29) is 34.1 Å². The quantitative estimate of drug-likeness (QED) is 0.715. The summed E-state index contributed by atoms with van der Waals surface area (Å²) in [6.45, 7) is 8.99. The third kappa shape index (κ3) is 1.88. The molecular weight excluding hydrogens is 304 g/mol. The van der Waals surface area contributed by atoms with E-state index in [1.807, 2.05) is 6.92 Å². The summed E-state index contributed by atoms with van der Waals surface area (Å²) in [5.41, 5.74) is 1.26. The summed E-state index contributed by atoms with van der Waals surface area (Å²) < 4.78 is 5.91. The van der Waals surface area contributed by atoms with Gasteiger partial charge in [-0.05, 0) is 37.0 Å². The molecule has 4 aliphatic rings. The molecule has 0 radical (unpaired) electrons. The molecule has 3 aliphatic carbocycles. The second-order valence-electron chi connectivity index (χ2n) is 9.63. The molecule has 6 unspecified atom stereocenters. The molecule has 0 bridgehead atoms. The van der Waals surface area contributed by atoms with E-state index in [4.69, 9.17) is 4.74 Å². The lowest BCUT2D eigenvalue weighted by molar-refractivity contribution is -0.133. The number of ether oxygens (including phenoxy) is 1. The number of hydrogen-bond donors (Lipinski definition) is 2. The van der Waals surface area contributed by atoms with Crippen molar-refractivity contribution in [1.82, 2.24) is 0 Å². The van der Waals surface area contributed by atoms with Crippen LogP contribution in [0.3, 0.4) is 0 Å². The fraction of sp³-hybridized carbons (Fsp3) is 0.850. The van der Waals surface area contributed by atoms with Crippen molar-refractivity contribution in [2.75, 3.05) is 6.61 Å². The first-order valence-electron chi connectivity index (χ1n) is 9.37. The Morgan fingerprint density at radius 2 is 1.79 bits per heavy atom. The maximum Gasteiger partial charge on any atom is 0.161 e. The maximum atomic E-state index is 13.1. The van der Waals surface area contributed by atoms with Gasteiger partial charge in [0, 0.05) is 22.8 Å². The molecule has 0 spiro atoms. The summed E-state index contributed by atoms with van der Waals surface area (Å²) in [5.74, 6) is 0.357. The average molecular weight is 334 g/mol. The number of carbonyl (C=O) groups is 1. The summed E-state index contributed by atoms with van der Waals surface area (Å²) in [6.07, 6.45) is 2.63. The van der Waals surface area contributed by atoms with Gasteiger partial charge in [-0.3, -0.25) is 4.79 Å². The zero-order chi connectivity index (χ0) is 17.5. The third-order valence-electron chi connectivity index (χ3n) is 8.04. The van der Waals surface area contributed by atoms with Crippen LogP contribution in [-0.2, 0) is 9.53 Å². The Morgan fingerprint density at radius 1 is 1.08 bits per heavy atom. The van der Waals surface area contributed by atoms with E-state index >= 15 is 0 Å². The van der Waals surface area contributed by atoms with E-state index in [1.165, 1.54) is 0 Å². The molecule has 1 aliphatic heterocycles. The van der Waals surface area contributed by atoms with Crippen molar-refractivity contribution in [3.05, 3.63) is 11.1 Å². The lowest BCUT2D eigenvalue weighted by Gasteiger charge is -2.59. The number of carbonyl (C=O) groups excluding carboxylic acids is 1. The number of rotatable bonds is 0. The van der Waals surface area contributed by atoms with E-state index in [9.17, 15) is 15.0 Å². The zero-order valence-electron chi connectivity index (χ0n) is 15.3. The monoisotopic (exact) mass is 334 g/mol. The Morgan fingerprint density at radius 3 is 2.50 bits per heavy atom. The SMILES string of the molecule is CC1(C)CCC(O)C2(C)C3=C(C(=O)CC12)C1OCC(O)C1(C)CC3. The van der Waals surface area contributed by atoms with Gasteiger partial charge in [0.25, 0.3) is 0 Å². The molecule has 0 amide bonds. The van der Waals surface area contributed by atoms with Crippen LogP contribution < -0.4 is 0 Å². The van der Waals surface area contributed by atoms with Crippen LogP contribution in [0.5, 0.6) is 0 Å². The van der Waals surface area contributed by atoms with E-state index in [2.05, 4.69) is 20.8 Å². The molecule has 0 aromatic rings. The molecule has 0 aromatic carbocycles. The van der Waals surface area contributed by atoms with Gasteiger partial charge in [-0.1, -0.05) is 33.3 Å². The summed E-state index contributed by atoms with van der Waals surface area (Å²) >= 11 is 0. The standard InChI is InChI=1S/C20H30O4/c1-18(2)7-6-14(22)20(4)11-5-8-19(3)15(23)10-24-17(19)16(11)12(21)9-13(18)20/h13-15,17,22-23H,5-10H2,1-4H3. The highest BCUT2D eigenvalue weighted by Gasteiger charge is 2.62. The van der Waals surface area contributed by atoms with Gasteiger partial charge < -0.3 is 14.9 Å². The molecule has 4 rings (SSSR count). The van der Waals surface area contributed by atoms with E-state index < -0.39 is 12.2 Å². The van der Waals surface area contributed by atoms with Crippen LogP contribution in [0.4, 0.5) is 0 Å². The summed E-state index contributed by atoms with van der Waals surface area (Å²) in [6, 6.07) is 0. The number of fused-ring (bicyclic) bond motifs is 4. The van der Waals surface area contributed by atoms with Crippen molar-refractivity contribution < 1.29 is 19.7 Å². The van der Waals surface area contributed by atoms with Crippen LogP contribution in [0.25, 0.3) is 0 Å². The van der Waals surface area contributed by atoms with Gasteiger partial charge in [-0.2, -0.15) is 0 Å². The van der Waals surface area contributed by atoms with Gasteiger partial charge >= 0.3 is 0 Å². The maximum absolute atomic E-state index is 13.1. The van der Waals surface area contributed by atoms with Crippen molar-refractivity contribution >= 4 is 5.78 Å². The minimum atomic E-state index is -0.511. The molecule has 4 nitrogen and oxygen atoms in total. The molecule has 1 saturated carbocycles. The van der Waals surface area contributed by atoms with Gasteiger partial charge in [0.05, 0.1) is 24.9 Å². The Labute approximate surface area is 144 Å². The minimum absolute atomic E-state index is 0.0545. The van der Waals surface area contributed by atoms with Gasteiger partial charge in [0.1, 0.15) is 0 Å². The lowest BCUT2D eigenvalue weighted by Crippen LogP contribution is -2.57. The summed E-state index contributed by atoms with van der Waals surface area (Å²) in [4.78, 5) is 13.1. The highest BCUT2D eigenvalue weighted by atomic mass is 16.5. The Balaban J connectivity index is 1.87. The highest BCUT2D eigenvalue weighted by Crippen LogP contribution is 2.63. The normalized spacial score (nSPS) is 50.3. The Bertz CT molecular complexity index is 621. The minimum Gasteiger partial charge on any atom is -0.392 e. The summed E-state index contributed by atoms with van der Waals surface area (Å²) in [7, 11) is 0. The molecule has 2 N–H and O–H groups in total. The predicted octanol–water partition coefficient (Wildman–Crippen LogP) is 2.62. The first kappa shape index (κ1) is 16.7. The summed E-state index contributed by atoms with van der Waals surface area (Å²) in [5, 5.41) is 21.3. The number of ketones is 1. The van der Waals surface area contributed by atoms with Gasteiger partial charge in [0.2, 0.25) is 0 Å².